The number of nitrogen functional groups attached to an aromatic ring is 1. The van der Waals surface area contributed by atoms with E-state index in [1.165, 1.54) is 17.2 Å². The van der Waals surface area contributed by atoms with Gasteiger partial charge in [-0.15, -0.1) is 0 Å². The Morgan fingerprint density at radius 3 is 2.63 bits per heavy atom. The molecule has 0 spiro atoms. The highest BCUT2D eigenvalue weighted by molar-refractivity contribution is 6.33. The lowest BCUT2D eigenvalue weighted by molar-refractivity contribution is 0.0992. The van der Waals surface area contributed by atoms with Crippen LogP contribution < -0.4 is 16.2 Å². The molecule has 0 unspecified atom stereocenters. The van der Waals surface area contributed by atoms with E-state index in [2.05, 4.69) is 10.4 Å². The Kier molecular flexibility index (Phi) is 3.99. The summed E-state index contributed by atoms with van der Waals surface area (Å²) in [5.74, 6) is 5.38. The van der Waals surface area contributed by atoms with Crippen LogP contribution >= 0.6 is 11.6 Å². The fourth-order valence-corrected chi connectivity index (χ4v) is 1.84. The number of nitrogens with zero attached hydrogens (tertiary/aromatic N) is 2. The molecule has 3 N–H and O–H groups in total. The summed E-state index contributed by atoms with van der Waals surface area (Å²) in [6.45, 7) is 0. The van der Waals surface area contributed by atoms with Gasteiger partial charge in [0.1, 0.15) is 0 Å². The summed E-state index contributed by atoms with van der Waals surface area (Å²) >= 11 is 5.95. The molecule has 0 aliphatic carbocycles. The number of hydrogen-bond acceptors (Lipinski definition) is 4. The molecule has 19 heavy (non-hydrogen) atoms. The zero-order valence-corrected chi connectivity index (χ0v) is 11.1. The molecule has 2 aromatic rings. The molecule has 0 atom stereocenters. The third-order valence-corrected chi connectivity index (χ3v) is 2.96. The predicted molar refractivity (Wildman–Crippen MR) is 76.2 cm³/mol. The van der Waals surface area contributed by atoms with Crippen molar-refractivity contribution in [3.63, 3.8) is 0 Å². The van der Waals surface area contributed by atoms with E-state index in [4.69, 9.17) is 17.4 Å². The van der Waals surface area contributed by atoms with Gasteiger partial charge >= 0.3 is 0 Å². The largest absolute Gasteiger partial charge is 0.311 e. The van der Waals surface area contributed by atoms with E-state index in [-0.39, 0.29) is 5.91 Å². The number of para-hydroxylation sites is 1. The average molecular weight is 277 g/mol. The Morgan fingerprint density at radius 1 is 1.37 bits per heavy atom. The van der Waals surface area contributed by atoms with Gasteiger partial charge in [-0.25, -0.2) is 10.8 Å². The van der Waals surface area contributed by atoms with Crippen molar-refractivity contribution in [2.45, 2.75) is 0 Å². The highest BCUT2D eigenvalue weighted by Gasteiger charge is 2.15. The van der Waals surface area contributed by atoms with E-state index in [1.807, 2.05) is 30.3 Å². The molecule has 0 saturated carbocycles. The number of pyridine rings is 1. The second kappa shape index (κ2) is 5.69. The molecule has 1 aromatic heterocycles. The highest BCUT2D eigenvalue weighted by atomic mass is 35.5. The molecule has 0 aliphatic rings. The van der Waals surface area contributed by atoms with E-state index in [0.717, 1.165) is 5.69 Å². The Balaban J connectivity index is 2.27. The molecule has 0 fully saturated rings. The van der Waals surface area contributed by atoms with Gasteiger partial charge in [0, 0.05) is 18.9 Å². The summed E-state index contributed by atoms with van der Waals surface area (Å²) in [5, 5.41) is 0.301. The maximum absolute atomic E-state index is 12.3. The summed E-state index contributed by atoms with van der Waals surface area (Å²) in [6.07, 6.45) is 1.43. The van der Waals surface area contributed by atoms with Crippen LogP contribution in [-0.4, -0.2) is 17.9 Å². The number of nitrogens with two attached hydrogens (primary N) is 1. The van der Waals surface area contributed by atoms with Gasteiger partial charge < -0.3 is 10.3 Å². The number of aromatic nitrogens is 1. The summed E-state index contributed by atoms with van der Waals surface area (Å²) in [5.41, 5.74) is 3.55. The van der Waals surface area contributed by atoms with Crippen molar-refractivity contribution >= 4 is 29.0 Å². The number of hydrazine groups is 1. The Labute approximate surface area is 116 Å². The van der Waals surface area contributed by atoms with Crippen molar-refractivity contribution in [3.8, 4) is 0 Å². The fourth-order valence-electron chi connectivity index (χ4n) is 1.62. The Morgan fingerprint density at radius 2 is 2.05 bits per heavy atom. The molecule has 6 heteroatoms. The first-order valence-electron chi connectivity index (χ1n) is 5.58. The van der Waals surface area contributed by atoms with Crippen LogP contribution in [0, 0.1) is 0 Å². The van der Waals surface area contributed by atoms with Crippen molar-refractivity contribution in [1.82, 2.24) is 4.98 Å². The minimum absolute atomic E-state index is 0.191. The number of anilines is 2. The number of rotatable bonds is 3. The monoisotopic (exact) mass is 276 g/mol. The zero-order valence-electron chi connectivity index (χ0n) is 10.3. The molecule has 98 valence electrons. The van der Waals surface area contributed by atoms with E-state index in [9.17, 15) is 4.79 Å². The number of amides is 1. The summed E-state index contributed by atoms with van der Waals surface area (Å²) in [4.78, 5) is 17.8. The summed E-state index contributed by atoms with van der Waals surface area (Å²) in [7, 11) is 1.70. The SMILES string of the molecule is CN(C(=O)c1cnc(NN)c(Cl)c1)c1ccccc1. The molecular weight excluding hydrogens is 264 g/mol. The number of benzene rings is 1. The van der Waals surface area contributed by atoms with Crippen LogP contribution in [-0.2, 0) is 0 Å². The van der Waals surface area contributed by atoms with E-state index < -0.39 is 0 Å². The third kappa shape index (κ3) is 2.83. The van der Waals surface area contributed by atoms with Gasteiger partial charge in [-0.1, -0.05) is 29.8 Å². The van der Waals surface area contributed by atoms with Crippen molar-refractivity contribution in [3.05, 3.63) is 53.2 Å². The van der Waals surface area contributed by atoms with Gasteiger partial charge in [0.25, 0.3) is 5.91 Å². The lowest BCUT2D eigenvalue weighted by atomic mass is 10.2. The molecule has 1 aromatic carbocycles. The van der Waals surface area contributed by atoms with E-state index in [1.54, 1.807) is 7.05 Å². The van der Waals surface area contributed by atoms with Crippen LogP contribution in [0.25, 0.3) is 0 Å². The van der Waals surface area contributed by atoms with Gasteiger partial charge in [-0.3, -0.25) is 4.79 Å². The van der Waals surface area contributed by atoms with Gasteiger partial charge in [0.15, 0.2) is 5.82 Å². The summed E-state index contributed by atoms with van der Waals surface area (Å²) in [6, 6.07) is 10.9. The molecule has 0 aliphatic heterocycles. The molecule has 1 heterocycles. The lowest BCUT2D eigenvalue weighted by Crippen LogP contribution is -2.26. The van der Waals surface area contributed by atoms with Crippen LogP contribution in [0.4, 0.5) is 11.5 Å². The van der Waals surface area contributed by atoms with Crippen molar-refractivity contribution < 1.29 is 4.79 Å². The molecule has 1 amide bonds. The first kappa shape index (κ1) is 13.3. The third-order valence-electron chi connectivity index (χ3n) is 2.67. The lowest BCUT2D eigenvalue weighted by Gasteiger charge is -2.17. The topological polar surface area (TPSA) is 71.2 Å². The molecule has 0 radical (unpaired) electrons. The summed E-state index contributed by atoms with van der Waals surface area (Å²) < 4.78 is 0. The molecule has 0 saturated heterocycles. The average Bonchev–Trinajstić information content (AvgIpc) is 2.46. The van der Waals surface area contributed by atoms with Crippen LogP contribution in [0.3, 0.4) is 0 Å². The smallest absolute Gasteiger partial charge is 0.259 e. The van der Waals surface area contributed by atoms with Crippen LogP contribution in [0.1, 0.15) is 10.4 Å². The van der Waals surface area contributed by atoms with Crippen molar-refractivity contribution in [2.24, 2.45) is 5.84 Å². The Hall–Kier alpha value is -2.11. The normalized spacial score (nSPS) is 10.1. The van der Waals surface area contributed by atoms with Crippen LogP contribution in [0.15, 0.2) is 42.6 Å². The van der Waals surface area contributed by atoms with Gasteiger partial charge in [-0.2, -0.15) is 0 Å². The number of halogens is 1. The van der Waals surface area contributed by atoms with Crippen LogP contribution in [0.5, 0.6) is 0 Å². The standard InChI is InChI=1S/C13H13ClN4O/c1-18(10-5-3-2-4-6-10)13(19)9-7-11(14)12(17-15)16-8-9/h2-8H,15H2,1H3,(H,16,17). The molecular formula is C13H13ClN4O. The minimum atomic E-state index is -0.191. The maximum Gasteiger partial charge on any atom is 0.259 e. The number of nitrogens with one attached hydrogen (secondary N) is 1. The van der Waals surface area contributed by atoms with Crippen molar-refractivity contribution in [2.75, 3.05) is 17.4 Å². The highest BCUT2D eigenvalue weighted by Crippen LogP contribution is 2.21. The first-order chi connectivity index (χ1) is 9.13. The first-order valence-corrected chi connectivity index (χ1v) is 5.96. The van der Waals surface area contributed by atoms with E-state index >= 15 is 0 Å². The molecule has 0 bridgehead atoms. The number of carbonyl (C=O) groups excluding carboxylic acids is 1. The second-order valence-corrected chi connectivity index (χ2v) is 4.31. The predicted octanol–water partition coefficient (Wildman–Crippen LogP) is 2.30. The minimum Gasteiger partial charge on any atom is -0.311 e. The number of hydrogen-bond donors (Lipinski definition) is 2. The second-order valence-electron chi connectivity index (χ2n) is 3.90. The molecule has 2 rings (SSSR count). The van der Waals surface area contributed by atoms with Crippen LogP contribution in [0.2, 0.25) is 5.02 Å². The van der Waals surface area contributed by atoms with Gasteiger partial charge in [0.2, 0.25) is 0 Å². The fraction of sp³-hybridized carbons (Fsp3) is 0.0769. The van der Waals surface area contributed by atoms with Crippen molar-refractivity contribution in [1.29, 1.82) is 0 Å². The van der Waals surface area contributed by atoms with Gasteiger partial charge in [0.05, 0.1) is 10.6 Å². The number of carbonyl (C=O) groups is 1. The van der Waals surface area contributed by atoms with Gasteiger partial charge in [-0.05, 0) is 18.2 Å². The maximum atomic E-state index is 12.3. The quantitative estimate of drug-likeness (QED) is 0.666. The zero-order chi connectivity index (χ0) is 13.8. The van der Waals surface area contributed by atoms with E-state index in [0.29, 0.717) is 16.4 Å². The Bertz CT molecular complexity index is 588. The molecule has 5 nitrogen and oxygen atoms in total.